The molecule has 0 aliphatic heterocycles. The molecule has 0 saturated carbocycles. The summed E-state index contributed by atoms with van der Waals surface area (Å²) in [5.74, 6) is -0.715. The van der Waals surface area contributed by atoms with Crippen molar-refractivity contribution in [2.75, 3.05) is 6.61 Å². The molecule has 3 nitrogen and oxygen atoms in total. The zero-order valence-electron chi connectivity index (χ0n) is 14.0. The van der Waals surface area contributed by atoms with E-state index in [1.807, 2.05) is 47.8 Å². The van der Waals surface area contributed by atoms with E-state index in [2.05, 4.69) is 12.1 Å². The first kappa shape index (κ1) is 16.5. The fourth-order valence-corrected chi connectivity index (χ4v) is 3.72. The highest BCUT2D eigenvalue weighted by atomic mass is 32.1. The third-order valence-corrected chi connectivity index (χ3v) is 5.23. The van der Waals surface area contributed by atoms with Gasteiger partial charge in [0, 0.05) is 16.5 Å². The maximum absolute atomic E-state index is 12.4. The van der Waals surface area contributed by atoms with Crippen molar-refractivity contribution in [1.82, 2.24) is 0 Å². The van der Waals surface area contributed by atoms with Crippen LogP contribution in [0, 0.1) is 0 Å². The number of hydrogen-bond donors (Lipinski definition) is 0. The molecule has 0 unspecified atom stereocenters. The summed E-state index contributed by atoms with van der Waals surface area (Å²) in [5.41, 5.74) is 5.33. The molecular weight excluding hydrogens is 344 g/mol. The van der Waals surface area contributed by atoms with Crippen LogP contribution in [0.2, 0.25) is 0 Å². The van der Waals surface area contributed by atoms with Crippen molar-refractivity contribution in [3.8, 4) is 11.1 Å². The molecule has 0 N–H and O–H groups in total. The second-order valence-corrected chi connectivity index (χ2v) is 7.06. The molecule has 128 valence electrons. The maximum atomic E-state index is 12.4. The predicted molar refractivity (Wildman–Crippen MR) is 103 cm³/mol. The maximum Gasteiger partial charge on any atom is 0.331 e. The van der Waals surface area contributed by atoms with Crippen LogP contribution in [0.5, 0.6) is 0 Å². The number of esters is 1. The predicted octanol–water partition coefficient (Wildman–Crippen LogP) is 4.76. The van der Waals surface area contributed by atoms with Gasteiger partial charge in [-0.3, -0.25) is 4.79 Å². The number of ether oxygens (including phenoxy) is 1. The number of ketones is 1. The fourth-order valence-electron chi connectivity index (χ4n) is 3.10. The molecule has 0 atom stereocenters. The summed E-state index contributed by atoms with van der Waals surface area (Å²) >= 11 is 1.53. The lowest BCUT2D eigenvalue weighted by Crippen LogP contribution is -2.12. The van der Waals surface area contributed by atoms with Gasteiger partial charge in [-0.2, -0.15) is 0 Å². The van der Waals surface area contributed by atoms with E-state index < -0.39 is 5.97 Å². The molecule has 3 aromatic rings. The monoisotopic (exact) mass is 360 g/mol. The molecule has 4 rings (SSSR count). The van der Waals surface area contributed by atoms with E-state index in [9.17, 15) is 9.59 Å². The number of Topliss-reactive ketones (excluding diaryl/α,β-unsaturated/α-hetero) is 1. The molecule has 4 heteroatoms. The van der Waals surface area contributed by atoms with Crippen molar-refractivity contribution >= 4 is 29.2 Å². The Balaban J connectivity index is 1.43. The van der Waals surface area contributed by atoms with E-state index in [0.29, 0.717) is 5.56 Å². The van der Waals surface area contributed by atoms with Crippen molar-refractivity contribution in [2.45, 2.75) is 6.42 Å². The third-order valence-electron chi connectivity index (χ3n) is 4.39. The van der Waals surface area contributed by atoms with Crippen molar-refractivity contribution in [3.05, 3.63) is 87.6 Å². The zero-order chi connectivity index (χ0) is 17.9. The topological polar surface area (TPSA) is 43.4 Å². The second kappa shape index (κ2) is 7.10. The van der Waals surface area contributed by atoms with Crippen molar-refractivity contribution in [1.29, 1.82) is 0 Å². The number of thiophene rings is 1. The van der Waals surface area contributed by atoms with Gasteiger partial charge in [-0.05, 0) is 52.3 Å². The van der Waals surface area contributed by atoms with Gasteiger partial charge in [0.15, 0.2) is 12.4 Å². The largest absolute Gasteiger partial charge is 0.454 e. The number of fused-ring (bicyclic) bond motifs is 3. The highest BCUT2D eigenvalue weighted by molar-refractivity contribution is 7.10. The van der Waals surface area contributed by atoms with Gasteiger partial charge in [0.1, 0.15) is 0 Å². The highest BCUT2D eigenvalue weighted by Gasteiger charge is 2.19. The average Bonchev–Trinajstić information content (AvgIpc) is 3.31. The lowest BCUT2D eigenvalue weighted by atomic mass is 10.0. The van der Waals surface area contributed by atoms with Crippen LogP contribution >= 0.6 is 11.3 Å². The Bertz CT molecular complexity index is 1000. The summed E-state index contributed by atoms with van der Waals surface area (Å²) in [6, 6.07) is 17.7. The summed E-state index contributed by atoms with van der Waals surface area (Å²) in [6.07, 6.45) is 3.92. The molecule has 0 bridgehead atoms. The van der Waals surface area contributed by atoms with E-state index in [0.717, 1.165) is 16.9 Å². The Morgan fingerprint density at radius 2 is 1.85 bits per heavy atom. The van der Waals surface area contributed by atoms with Crippen LogP contribution < -0.4 is 0 Å². The first-order valence-corrected chi connectivity index (χ1v) is 9.21. The third kappa shape index (κ3) is 3.37. The van der Waals surface area contributed by atoms with E-state index in [1.54, 1.807) is 6.08 Å². The molecular formula is C22H16O3S. The van der Waals surface area contributed by atoms with Crippen LogP contribution in [-0.2, 0) is 16.0 Å². The molecule has 1 heterocycles. The van der Waals surface area contributed by atoms with Gasteiger partial charge in [-0.15, -0.1) is 11.3 Å². The summed E-state index contributed by atoms with van der Waals surface area (Å²) in [7, 11) is 0. The minimum Gasteiger partial charge on any atom is -0.454 e. The number of rotatable bonds is 5. The van der Waals surface area contributed by atoms with Crippen molar-refractivity contribution < 1.29 is 14.3 Å². The van der Waals surface area contributed by atoms with Gasteiger partial charge in [-0.25, -0.2) is 4.79 Å². The number of benzene rings is 2. The van der Waals surface area contributed by atoms with Crippen molar-refractivity contribution in [2.24, 2.45) is 0 Å². The molecule has 1 aliphatic rings. The van der Waals surface area contributed by atoms with Crippen LogP contribution in [0.4, 0.5) is 0 Å². The Morgan fingerprint density at radius 1 is 1.00 bits per heavy atom. The summed E-state index contributed by atoms with van der Waals surface area (Å²) in [4.78, 5) is 25.1. The van der Waals surface area contributed by atoms with Gasteiger partial charge >= 0.3 is 5.97 Å². The van der Waals surface area contributed by atoms with Gasteiger partial charge < -0.3 is 4.74 Å². The molecule has 26 heavy (non-hydrogen) atoms. The molecule has 0 amide bonds. The fraction of sp³-hybridized carbons (Fsp3) is 0.0909. The molecule has 0 spiro atoms. The van der Waals surface area contributed by atoms with Crippen LogP contribution in [0.1, 0.15) is 26.4 Å². The van der Waals surface area contributed by atoms with Crippen LogP contribution in [0.25, 0.3) is 17.2 Å². The Hall–Kier alpha value is -2.98. The first-order chi connectivity index (χ1) is 12.7. The summed E-state index contributed by atoms with van der Waals surface area (Å²) in [6.45, 7) is -0.256. The second-order valence-electron chi connectivity index (χ2n) is 6.09. The molecule has 0 fully saturated rings. The Labute approximate surface area is 155 Å². The Kier molecular flexibility index (Phi) is 4.50. The lowest BCUT2D eigenvalue weighted by Gasteiger charge is -2.05. The van der Waals surface area contributed by atoms with E-state index in [4.69, 9.17) is 4.74 Å². The minimum absolute atomic E-state index is 0.199. The molecule has 2 aromatic carbocycles. The zero-order valence-corrected chi connectivity index (χ0v) is 14.8. The van der Waals surface area contributed by atoms with Gasteiger partial charge in [0.05, 0.1) is 0 Å². The number of hydrogen-bond acceptors (Lipinski definition) is 4. The first-order valence-electron chi connectivity index (χ1n) is 8.33. The smallest absolute Gasteiger partial charge is 0.331 e. The van der Waals surface area contributed by atoms with Gasteiger partial charge in [0.2, 0.25) is 0 Å². The molecule has 0 saturated heterocycles. The number of carbonyl (C=O) groups is 2. The lowest BCUT2D eigenvalue weighted by molar-refractivity contribution is -0.136. The normalized spacial score (nSPS) is 12.0. The quantitative estimate of drug-likeness (QED) is 0.293. The van der Waals surface area contributed by atoms with Crippen molar-refractivity contribution in [3.63, 3.8) is 0 Å². The molecule has 1 aliphatic carbocycles. The van der Waals surface area contributed by atoms with Gasteiger partial charge in [-0.1, -0.05) is 42.5 Å². The van der Waals surface area contributed by atoms with Crippen LogP contribution in [0.15, 0.2) is 66.1 Å². The Morgan fingerprint density at radius 3 is 2.69 bits per heavy atom. The van der Waals surface area contributed by atoms with Crippen LogP contribution in [0.3, 0.4) is 0 Å². The van der Waals surface area contributed by atoms with E-state index >= 15 is 0 Å². The number of carbonyl (C=O) groups excluding carboxylic acids is 2. The standard InChI is InChI=1S/C22H16O3S/c23-21(14-25-22(24)10-9-18-5-3-11-26-18)17-8-7-16-12-15-4-1-2-6-19(15)20(16)13-17/h1-11,13H,12,14H2. The van der Waals surface area contributed by atoms with E-state index in [1.165, 1.54) is 34.1 Å². The molecule has 1 aromatic heterocycles. The summed E-state index contributed by atoms with van der Waals surface area (Å²) in [5, 5.41) is 1.93. The average molecular weight is 360 g/mol. The molecule has 0 radical (unpaired) electrons. The summed E-state index contributed by atoms with van der Waals surface area (Å²) < 4.78 is 5.07. The van der Waals surface area contributed by atoms with Crippen LogP contribution in [-0.4, -0.2) is 18.4 Å². The van der Waals surface area contributed by atoms with E-state index in [-0.39, 0.29) is 12.4 Å². The minimum atomic E-state index is -0.516. The SMILES string of the molecule is O=C(C=Cc1cccs1)OCC(=O)c1ccc2c(c1)-c1ccccc1C2. The van der Waals surface area contributed by atoms with Gasteiger partial charge in [0.25, 0.3) is 0 Å². The highest BCUT2D eigenvalue weighted by Crippen LogP contribution is 2.36.